The zero-order chi connectivity index (χ0) is 25.0. The Morgan fingerprint density at radius 2 is 2.09 bits per heavy atom. The van der Waals surface area contributed by atoms with Gasteiger partial charge in [-0.3, -0.25) is 4.90 Å². The fraction of sp³-hybridized carbons (Fsp3) is 0.455. The van der Waals surface area contributed by atoms with Gasteiger partial charge in [0.1, 0.15) is 9.07 Å². The second-order valence-corrected chi connectivity index (χ2v) is 13.0. The standard InChI is InChI=1S/C22H27FI2N4O4S/c1-13(2)17-9-16(23)10-18(14-4-6-26-19(8-14)33-3)20(17)27-22(30)28-34(31,32)21(25)15-5-7-29(11-15)12-24/h4,6,8-10,13,15,21H,5,7,11-12H2,1-3H3,(H2,27,28,30). The van der Waals surface area contributed by atoms with Gasteiger partial charge in [0, 0.05) is 30.3 Å². The summed E-state index contributed by atoms with van der Waals surface area (Å²) in [7, 11) is -2.46. The van der Waals surface area contributed by atoms with E-state index in [0.29, 0.717) is 34.8 Å². The molecule has 1 fully saturated rings. The minimum absolute atomic E-state index is 0.0717. The maximum atomic E-state index is 14.5. The highest BCUT2D eigenvalue weighted by Crippen LogP contribution is 2.37. The molecular weight excluding hydrogens is 689 g/mol. The van der Waals surface area contributed by atoms with Gasteiger partial charge in [-0.1, -0.05) is 59.0 Å². The van der Waals surface area contributed by atoms with Crippen LogP contribution in [0.15, 0.2) is 30.5 Å². The minimum Gasteiger partial charge on any atom is -0.481 e. The average molecular weight is 716 g/mol. The minimum atomic E-state index is -3.93. The summed E-state index contributed by atoms with van der Waals surface area (Å²) < 4.78 is 47.8. The van der Waals surface area contributed by atoms with E-state index in [1.807, 2.05) is 36.4 Å². The molecule has 3 rings (SSSR count). The summed E-state index contributed by atoms with van der Waals surface area (Å²) in [5.74, 6) is -0.352. The molecule has 2 heterocycles. The van der Waals surface area contributed by atoms with Gasteiger partial charge in [-0.25, -0.2) is 27.3 Å². The summed E-state index contributed by atoms with van der Waals surface area (Å²) in [6.07, 6.45) is 2.27. The first-order valence-electron chi connectivity index (χ1n) is 10.6. The van der Waals surface area contributed by atoms with Crippen LogP contribution in [0.2, 0.25) is 0 Å². The molecule has 8 nitrogen and oxygen atoms in total. The van der Waals surface area contributed by atoms with Crippen molar-refractivity contribution in [1.82, 2.24) is 14.6 Å². The van der Waals surface area contributed by atoms with Crippen molar-refractivity contribution in [1.29, 1.82) is 0 Å². The van der Waals surface area contributed by atoms with Crippen LogP contribution in [-0.2, 0) is 10.0 Å². The van der Waals surface area contributed by atoms with E-state index in [2.05, 4.69) is 42.5 Å². The summed E-state index contributed by atoms with van der Waals surface area (Å²) in [5.41, 5.74) is 1.84. The molecule has 2 aromatic rings. The van der Waals surface area contributed by atoms with Gasteiger partial charge in [0.15, 0.2) is 0 Å². The molecule has 12 heteroatoms. The van der Waals surface area contributed by atoms with Gasteiger partial charge in [0.25, 0.3) is 0 Å². The van der Waals surface area contributed by atoms with E-state index in [0.717, 1.165) is 17.5 Å². The summed E-state index contributed by atoms with van der Waals surface area (Å²) >= 11 is 4.15. The SMILES string of the molecule is COc1cc(-c2cc(F)cc(C(C)C)c2NC(=O)NS(=O)(=O)C(I)C2CCN(CI)C2)ccn1. The first kappa shape index (κ1) is 27.3. The Balaban J connectivity index is 1.89. The highest BCUT2D eigenvalue weighted by Gasteiger charge is 2.36. The Kier molecular flexibility index (Phi) is 9.36. The molecule has 0 spiro atoms. The number of alkyl halides is 2. The number of urea groups is 1. The quantitative estimate of drug-likeness (QED) is 0.228. The predicted molar refractivity (Wildman–Crippen MR) is 148 cm³/mol. The maximum absolute atomic E-state index is 14.5. The monoisotopic (exact) mass is 716 g/mol. The third-order valence-electron chi connectivity index (χ3n) is 5.63. The Bertz CT molecular complexity index is 1150. The van der Waals surface area contributed by atoms with Gasteiger partial charge in [-0.15, -0.1) is 0 Å². The number of ether oxygens (including phenoxy) is 1. The lowest BCUT2D eigenvalue weighted by atomic mass is 9.94. The normalized spacial score (nSPS) is 17.6. The van der Waals surface area contributed by atoms with E-state index in [1.165, 1.54) is 25.4 Å². The largest absolute Gasteiger partial charge is 0.481 e. The first-order valence-corrected chi connectivity index (χ1v) is 15.0. The van der Waals surface area contributed by atoms with Crippen LogP contribution in [-0.4, -0.2) is 52.3 Å². The van der Waals surface area contributed by atoms with Crippen molar-refractivity contribution in [2.45, 2.75) is 29.4 Å². The number of rotatable bonds is 8. The second-order valence-electron chi connectivity index (χ2n) is 8.36. The van der Waals surface area contributed by atoms with E-state index < -0.39 is 25.1 Å². The number of sulfonamides is 1. The van der Waals surface area contributed by atoms with Crippen LogP contribution in [0, 0.1) is 11.7 Å². The number of hydrogen-bond acceptors (Lipinski definition) is 6. The highest BCUT2D eigenvalue weighted by molar-refractivity contribution is 14.1. The fourth-order valence-electron chi connectivity index (χ4n) is 3.90. The highest BCUT2D eigenvalue weighted by atomic mass is 127. The lowest BCUT2D eigenvalue weighted by Crippen LogP contribution is -2.41. The molecule has 2 atom stereocenters. The van der Waals surface area contributed by atoms with Gasteiger partial charge in [-0.2, -0.15) is 0 Å². The topological polar surface area (TPSA) is 101 Å². The smallest absolute Gasteiger partial charge is 0.332 e. The molecule has 1 aliphatic rings. The van der Waals surface area contributed by atoms with E-state index in [-0.39, 0.29) is 11.8 Å². The lowest BCUT2D eigenvalue weighted by molar-refractivity contribution is 0.256. The third kappa shape index (κ3) is 6.49. The van der Waals surface area contributed by atoms with Crippen LogP contribution in [0.5, 0.6) is 5.88 Å². The van der Waals surface area contributed by atoms with E-state index >= 15 is 0 Å². The molecule has 1 aromatic heterocycles. The van der Waals surface area contributed by atoms with Gasteiger partial charge >= 0.3 is 6.03 Å². The van der Waals surface area contributed by atoms with Crippen LogP contribution in [0.25, 0.3) is 11.1 Å². The Hall–Kier alpha value is -1.26. The Morgan fingerprint density at radius 3 is 2.71 bits per heavy atom. The molecule has 0 aliphatic carbocycles. The number of halogens is 3. The summed E-state index contributed by atoms with van der Waals surface area (Å²) in [4.78, 5) is 19.1. The van der Waals surface area contributed by atoms with Crippen molar-refractivity contribution in [3.63, 3.8) is 0 Å². The van der Waals surface area contributed by atoms with Crippen molar-refractivity contribution in [3.8, 4) is 17.0 Å². The number of aromatic nitrogens is 1. The number of carbonyl (C=O) groups is 1. The molecule has 0 radical (unpaired) electrons. The number of hydrogen-bond donors (Lipinski definition) is 2. The molecule has 1 aromatic carbocycles. The predicted octanol–water partition coefficient (Wildman–Crippen LogP) is 4.95. The summed E-state index contributed by atoms with van der Waals surface area (Å²) in [6, 6.07) is 5.04. The molecular formula is C22H27FI2N4O4S. The van der Waals surface area contributed by atoms with Crippen LogP contribution in [0.1, 0.15) is 31.7 Å². The van der Waals surface area contributed by atoms with Crippen LogP contribution < -0.4 is 14.8 Å². The van der Waals surface area contributed by atoms with Gasteiger partial charge in [0.05, 0.1) is 17.3 Å². The number of amides is 2. The second kappa shape index (κ2) is 11.6. The zero-order valence-electron chi connectivity index (χ0n) is 19.0. The fourth-order valence-corrected chi connectivity index (χ4v) is 6.64. The number of methoxy groups -OCH3 is 1. The average Bonchev–Trinajstić information content (AvgIpc) is 3.28. The van der Waals surface area contributed by atoms with Crippen LogP contribution in [0.4, 0.5) is 14.9 Å². The molecule has 1 saturated heterocycles. The van der Waals surface area contributed by atoms with Crippen molar-refractivity contribution < 1.29 is 22.3 Å². The van der Waals surface area contributed by atoms with Crippen LogP contribution in [0.3, 0.4) is 0 Å². The van der Waals surface area contributed by atoms with Crippen molar-refractivity contribution in [2.75, 3.05) is 30.1 Å². The molecule has 34 heavy (non-hydrogen) atoms. The number of nitrogens with zero attached hydrogens (tertiary/aromatic N) is 2. The molecule has 0 bridgehead atoms. The molecule has 1 aliphatic heterocycles. The molecule has 0 saturated carbocycles. The summed E-state index contributed by atoms with van der Waals surface area (Å²) in [5, 5.41) is 2.67. The number of benzene rings is 1. The Labute approximate surface area is 226 Å². The number of nitrogens with one attached hydrogen (secondary N) is 2. The van der Waals surface area contributed by atoms with E-state index in [9.17, 15) is 17.6 Å². The summed E-state index contributed by atoms with van der Waals surface area (Å²) in [6.45, 7) is 5.24. The molecule has 2 amide bonds. The van der Waals surface area contributed by atoms with Crippen molar-refractivity contribution in [3.05, 3.63) is 41.8 Å². The van der Waals surface area contributed by atoms with Crippen molar-refractivity contribution in [2.24, 2.45) is 5.92 Å². The first-order chi connectivity index (χ1) is 16.1. The van der Waals surface area contributed by atoms with E-state index in [4.69, 9.17) is 4.74 Å². The Morgan fingerprint density at radius 1 is 1.35 bits per heavy atom. The number of carbonyl (C=O) groups excluding carboxylic acids is 1. The molecule has 186 valence electrons. The van der Waals surface area contributed by atoms with Gasteiger partial charge < -0.3 is 10.1 Å². The maximum Gasteiger partial charge on any atom is 0.332 e. The van der Waals surface area contributed by atoms with Crippen LogP contribution >= 0.6 is 45.2 Å². The van der Waals surface area contributed by atoms with E-state index in [1.54, 1.807) is 12.1 Å². The van der Waals surface area contributed by atoms with Crippen molar-refractivity contribution >= 4 is 66.9 Å². The number of likely N-dealkylation sites (tertiary alicyclic amines) is 1. The molecule has 2 unspecified atom stereocenters. The lowest BCUT2D eigenvalue weighted by Gasteiger charge is -2.21. The number of pyridine rings is 1. The third-order valence-corrected chi connectivity index (χ3v) is 11.1. The zero-order valence-corrected chi connectivity index (χ0v) is 24.1. The number of anilines is 1. The van der Waals surface area contributed by atoms with Gasteiger partial charge in [-0.05, 0) is 48.2 Å². The molecule has 2 N–H and O–H groups in total. The van der Waals surface area contributed by atoms with Gasteiger partial charge in [0.2, 0.25) is 15.9 Å².